The van der Waals surface area contributed by atoms with Gasteiger partial charge >= 0.3 is 0 Å². The summed E-state index contributed by atoms with van der Waals surface area (Å²) in [5.41, 5.74) is 6.21. The molecule has 1 atom stereocenters. The van der Waals surface area contributed by atoms with E-state index in [-0.39, 0.29) is 16.8 Å². The normalized spacial score (nSPS) is 22.0. The maximum Gasteiger partial charge on any atom is 0.253 e. The summed E-state index contributed by atoms with van der Waals surface area (Å²) in [4.78, 5) is 14.2. The molecular weight excluding hydrogens is 302 g/mol. The minimum atomic E-state index is -3.55. The molecule has 7 heteroatoms. The van der Waals surface area contributed by atoms with Crippen LogP contribution in [0.3, 0.4) is 0 Å². The molecule has 1 aliphatic heterocycles. The lowest BCUT2D eigenvalue weighted by molar-refractivity contribution is 0.0790. The molecule has 1 aliphatic carbocycles. The predicted molar refractivity (Wildman–Crippen MR) is 82.9 cm³/mol. The fourth-order valence-corrected chi connectivity index (χ4v) is 3.75. The summed E-state index contributed by atoms with van der Waals surface area (Å²) >= 11 is 0. The van der Waals surface area contributed by atoms with Gasteiger partial charge in [-0.15, -0.1) is 0 Å². The highest BCUT2D eigenvalue weighted by molar-refractivity contribution is 7.89. The smallest absolute Gasteiger partial charge is 0.253 e. The first-order valence-corrected chi connectivity index (χ1v) is 9.08. The Morgan fingerprint density at radius 3 is 2.73 bits per heavy atom. The number of nitrogens with one attached hydrogen (secondary N) is 1. The van der Waals surface area contributed by atoms with E-state index in [2.05, 4.69) is 4.72 Å². The molecule has 2 aliphatic rings. The summed E-state index contributed by atoms with van der Waals surface area (Å²) in [5, 5.41) is 0. The molecule has 1 aromatic carbocycles. The van der Waals surface area contributed by atoms with E-state index >= 15 is 0 Å². The van der Waals surface area contributed by atoms with E-state index in [1.807, 2.05) is 0 Å². The topological polar surface area (TPSA) is 92.5 Å². The zero-order chi connectivity index (χ0) is 15.7. The number of nitrogens with zero attached hydrogens (tertiary/aromatic N) is 1. The maximum absolute atomic E-state index is 12.4. The molecule has 1 saturated heterocycles. The van der Waals surface area contributed by atoms with Gasteiger partial charge in [-0.05, 0) is 43.4 Å². The number of hydrogen-bond acceptors (Lipinski definition) is 4. The highest BCUT2D eigenvalue weighted by atomic mass is 32.2. The van der Waals surface area contributed by atoms with E-state index in [4.69, 9.17) is 5.73 Å². The molecule has 3 rings (SSSR count). The minimum absolute atomic E-state index is 0.0103. The van der Waals surface area contributed by atoms with Gasteiger partial charge in [0.1, 0.15) is 0 Å². The summed E-state index contributed by atoms with van der Waals surface area (Å²) in [5.74, 6) is 0.304. The molecule has 0 unspecified atom stereocenters. The van der Waals surface area contributed by atoms with Crippen molar-refractivity contribution >= 4 is 15.9 Å². The van der Waals surface area contributed by atoms with Crippen LogP contribution in [-0.4, -0.2) is 44.9 Å². The summed E-state index contributed by atoms with van der Waals surface area (Å²) in [7, 11) is -3.55. The third kappa shape index (κ3) is 3.48. The molecule has 0 spiro atoms. The van der Waals surface area contributed by atoms with Gasteiger partial charge in [0.2, 0.25) is 10.0 Å². The number of hydrogen-bond donors (Lipinski definition) is 2. The molecule has 6 nitrogen and oxygen atoms in total. The van der Waals surface area contributed by atoms with Gasteiger partial charge in [-0.2, -0.15) is 0 Å². The number of amides is 1. The first-order chi connectivity index (χ1) is 10.5. The molecule has 120 valence electrons. The van der Waals surface area contributed by atoms with Crippen molar-refractivity contribution in [2.45, 2.75) is 30.2 Å². The van der Waals surface area contributed by atoms with E-state index in [1.54, 1.807) is 17.0 Å². The quantitative estimate of drug-likeness (QED) is 0.827. The second kappa shape index (κ2) is 5.98. The highest BCUT2D eigenvalue weighted by Gasteiger charge is 2.27. The number of rotatable bonds is 5. The van der Waals surface area contributed by atoms with Crippen LogP contribution in [0.15, 0.2) is 29.2 Å². The zero-order valence-electron chi connectivity index (χ0n) is 12.4. The van der Waals surface area contributed by atoms with Crippen LogP contribution in [0.1, 0.15) is 29.6 Å². The van der Waals surface area contributed by atoms with Crippen molar-refractivity contribution in [1.82, 2.24) is 9.62 Å². The first kappa shape index (κ1) is 15.5. The van der Waals surface area contributed by atoms with Crippen molar-refractivity contribution in [3.8, 4) is 0 Å². The van der Waals surface area contributed by atoms with Gasteiger partial charge in [0.15, 0.2) is 0 Å². The largest absolute Gasteiger partial charge is 0.337 e. The van der Waals surface area contributed by atoms with Crippen LogP contribution >= 0.6 is 0 Å². The third-order valence-electron chi connectivity index (χ3n) is 4.16. The fraction of sp³-hybridized carbons (Fsp3) is 0.533. The van der Waals surface area contributed by atoms with E-state index in [1.165, 1.54) is 12.1 Å². The molecule has 0 aromatic heterocycles. The van der Waals surface area contributed by atoms with Crippen LogP contribution < -0.4 is 10.5 Å². The second-order valence-electron chi connectivity index (χ2n) is 6.12. The van der Waals surface area contributed by atoms with E-state index in [9.17, 15) is 13.2 Å². The molecule has 2 fully saturated rings. The lowest BCUT2D eigenvalue weighted by atomic mass is 10.2. The Kier molecular flexibility index (Phi) is 4.20. The summed E-state index contributed by atoms with van der Waals surface area (Å²) in [6, 6.07) is 6.22. The molecule has 0 bridgehead atoms. The molecule has 1 aromatic rings. The Balaban J connectivity index is 1.75. The van der Waals surface area contributed by atoms with Crippen LogP contribution in [0.25, 0.3) is 0 Å². The molecular formula is C15H21N3O3S. The van der Waals surface area contributed by atoms with Gasteiger partial charge in [0.05, 0.1) is 4.90 Å². The number of nitrogens with two attached hydrogens (primary N) is 1. The van der Waals surface area contributed by atoms with Gasteiger partial charge in [-0.3, -0.25) is 4.79 Å². The van der Waals surface area contributed by atoms with Crippen LogP contribution in [0.2, 0.25) is 0 Å². The first-order valence-electron chi connectivity index (χ1n) is 7.60. The Morgan fingerprint density at radius 1 is 1.32 bits per heavy atom. The predicted octanol–water partition coefficient (Wildman–Crippen LogP) is 0.548. The molecule has 22 heavy (non-hydrogen) atoms. The summed E-state index contributed by atoms with van der Waals surface area (Å²) in [6.45, 7) is 1.62. The van der Waals surface area contributed by atoms with Crippen molar-refractivity contribution in [3.05, 3.63) is 29.8 Å². The zero-order valence-corrected chi connectivity index (χ0v) is 13.2. The molecule has 3 N–H and O–H groups in total. The van der Waals surface area contributed by atoms with Gasteiger partial charge in [0.25, 0.3) is 5.91 Å². The van der Waals surface area contributed by atoms with Crippen LogP contribution in [0.4, 0.5) is 0 Å². The van der Waals surface area contributed by atoms with Crippen LogP contribution in [0.5, 0.6) is 0 Å². The monoisotopic (exact) mass is 323 g/mol. The maximum atomic E-state index is 12.4. The number of carbonyl (C=O) groups excluding carboxylic acids is 1. The van der Waals surface area contributed by atoms with Crippen molar-refractivity contribution in [3.63, 3.8) is 0 Å². The second-order valence-corrected chi connectivity index (χ2v) is 7.89. The van der Waals surface area contributed by atoms with Crippen molar-refractivity contribution in [1.29, 1.82) is 0 Å². The Bertz CT molecular complexity index is 670. The summed E-state index contributed by atoms with van der Waals surface area (Å²) in [6.07, 6.45) is 2.94. The minimum Gasteiger partial charge on any atom is -0.337 e. The van der Waals surface area contributed by atoms with E-state index in [0.717, 1.165) is 19.3 Å². The SMILES string of the molecule is N[C@@H]1CCN(C(=O)c2cccc(S(=O)(=O)NCC3CC3)c2)C1. The van der Waals surface area contributed by atoms with E-state index < -0.39 is 10.0 Å². The number of benzene rings is 1. The third-order valence-corrected chi connectivity index (χ3v) is 5.58. The average molecular weight is 323 g/mol. The Morgan fingerprint density at radius 2 is 2.09 bits per heavy atom. The standard InChI is InChI=1S/C15H21N3O3S/c16-13-6-7-18(10-13)15(19)12-2-1-3-14(8-12)22(20,21)17-9-11-4-5-11/h1-3,8,11,13,17H,4-7,9-10,16H2/t13-/m1/s1. The Labute approximate surface area is 130 Å². The van der Waals surface area contributed by atoms with Gasteiger partial charge < -0.3 is 10.6 Å². The molecule has 1 heterocycles. The molecule has 1 saturated carbocycles. The summed E-state index contributed by atoms with van der Waals surface area (Å²) < 4.78 is 27.1. The van der Waals surface area contributed by atoms with Gasteiger partial charge in [-0.1, -0.05) is 6.07 Å². The Hall–Kier alpha value is -1.44. The van der Waals surface area contributed by atoms with E-state index in [0.29, 0.717) is 31.1 Å². The van der Waals surface area contributed by atoms with Crippen LogP contribution in [-0.2, 0) is 10.0 Å². The lowest BCUT2D eigenvalue weighted by Gasteiger charge is -2.16. The van der Waals surface area contributed by atoms with Gasteiger partial charge in [0, 0.05) is 31.2 Å². The molecule has 1 amide bonds. The van der Waals surface area contributed by atoms with Gasteiger partial charge in [-0.25, -0.2) is 13.1 Å². The fourth-order valence-electron chi connectivity index (χ4n) is 2.58. The average Bonchev–Trinajstić information content (AvgIpc) is 3.25. The number of sulfonamides is 1. The van der Waals surface area contributed by atoms with Crippen molar-refractivity contribution < 1.29 is 13.2 Å². The highest BCUT2D eigenvalue weighted by Crippen LogP contribution is 2.28. The number of likely N-dealkylation sites (tertiary alicyclic amines) is 1. The van der Waals surface area contributed by atoms with Crippen molar-refractivity contribution in [2.75, 3.05) is 19.6 Å². The lowest BCUT2D eigenvalue weighted by Crippen LogP contribution is -2.32. The van der Waals surface area contributed by atoms with Crippen LogP contribution in [0, 0.1) is 5.92 Å². The number of carbonyl (C=O) groups is 1. The molecule has 0 radical (unpaired) electrons. The van der Waals surface area contributed by atoms with Crippen molar-refractivity contribution in [2.24, 2.45) is 11.7 Å².